The van der Waals surface area contributed by atoms with Crippen LogP contribution in [0, 0.1) is 13.8 Å². The van der Waals surface area contributed by atoms with Gasteiger partial charge in [-0.05, 0) is 44.0 Å². The summed E-state index contributed by atoms with van der Waals surface area (Å²) in [6.07, 6.45) is 1.03. The van der Waals surface area contributed by atoms with Gasteiger partial charge in [-0.25, -0.2) is 0 Å². The minimum absolute atomic E-state index is 0.529. The average molecular weight is 350 g/mol. The summed E-state index contributed by atoms with van der Waals surface area (Å²) in [5.74, 6) is 0. The van der Waals surface area contributed by atoms with Gasteiger partial charge in [0.2, 0.25) is 0 Å². The van der Waals surface area contributed by atoms with E-state index in [1.165, 1.54) is 16.8 Å². The molecule has 0 saturated heterocycles. The van der Waals surface area contributed by atoms with Gasteiger partial charge in [0.25, 0.3) is 0 Å². The van der Waals surface area contributed by atoms with Gasteiger partial charge in [0.15, 0.2) is 0 Å². The van der Waals surface area contributed by atoms with Gasteiger partial charge < -0.3 is 5.32 Å². The highest BCUT2D eigenvalue weighted by Crippen LogP contribution is 2.20. The number of hydrogen-bond acceptors (Lipinski definition) is 2. The molecule has 0 aliphatic rings. The summed E-state index contributed by atoms with van der Waals surface area (Å²) in [6, 6.07) is 8.85. The molecule has 21 heavy (non-hydrogen) atoms. The van der Waals surface area contributed by atoms with Gasteiger partial charge in [0.05, 0.1) is 12.2 Å². The third-order valence-electron chi connectivity index (χ3n) is 3.74. The van der Waals surface area contributed by atoms with Crippen molar-refractivity contribution in [2.24, 2.45) is 0 Å². The van der Waals surface area contributed by atoms with Crippen LogP contribution >= 0.6 is 15.9 Å². The summed E-state index contributed by atoms with van der Waals surface area (Å²) in [4.78, 5) is 0. The van der Waals surface area contributed by atoms with E-state index >= 15 is 0 Å². The number of nitrogens with one attached hydrogen (secondary N) is 1. The zero-order valence-corrected chi connectivity index (χ0v) is 14.9. The Hall–Kier alpha value is -1.13. The molecule has 3 nitrogen and oxygen atoms in total. The van der Waals surface area contributed by atoms with Crippen molar-refractivity contribution < 1.29 is 0 Å². The lowest BCUT2D eigenvalue weighted by atomic mass is 10.1. The van der Waals surface area contributed by atoms with E-state index < -0.39 is 0 Å². The first-order valence-corrected chi connectivity index (χ1v) is 8.28. The van der Waals surface area contributed by atoms with Crippen LogP contribution in [0.15, 0.2) is 28.7 Å². The predicted octanol–water partition coefficient (Wildman–Crippen LogP) is 3.85. The third-order valence-corrected chi connectivity index (χ3v) is 4.51. The van der Waals surface area contributed by atoms with Crippen molar-refractivity contribution in [1.29, 1.82) is 0 Å². The Morgan fingerprint density at radius 2 is 1.95 bits per heavy atom. The Morgan fingerprint density at radius 3 is 2.62 bits per heavy atom. The van der Waals surface area contributed by atoms with Gasteiger partial charge in [-0.15, -0.1) is 0 Å². The molecule has 0 amide bonds. The summed E-state index contributed by atoms with van der Waals surface area (Å²) in [6.45, 7) is 10.4. The summed E-state index contributed by atoms with van der Waals surface area (Å²) >= 11 is 3.61. The van der Waals surface area contributed by atoms with Crippen molar-refractivity contribution in [3.63, 3.8) is 0 Å². The fourth-order valence-electron chi connectivity index (χ4n) is 2.52. The molecule has 0 bridgehead atoms. The molecule has 114 valence electrons. The van der Waals surface area contributed by atoms with E-state index in [1.54, 1.807) is 0 Å². The molecule has 1 aromatic heterocycles. The Balaban J connectivity index is 2.13. The molecule has 0 radical (unpaired) electrons. The maximum atomic E-state index is 4.71. The number of halogens is 1. The van der Waals surface area contributed by atoms with Gasteiger partial charge in [-0.3, -0.25) is 4.68 Å². The third kappa shape index (κ3) is 4.17. The van der Waals surface area contributed by atoms with Crippen LogP contribution in [0.4, 0.5) is 0 Å². The summed E-state index contributed by atoms with van der Waals surface area (Å²) < 4.78 is 3.25. The number of aromatic nitrogens is 2. The van der Waals surface area contributed by atoms with Crippen LogP contribution in [0.2, 0.25) is 0 Å². The van der Waals surface area contributed by atoms with Gasteiger partial charge in [-0.1, -0.05) is 48.0 Å². The molecule has 0 aliphatic heterocycles. The number of benzene rings is 1. The number of aryl methyl sites for hydroxylation is 1. The van der Waals surface area contributed by atoms with Crippen LogP contribution in [0.3, 0.4) is 0 Å². The molecule has 1 heterocycles. The lowest BCUT2D eigenvalue weighted by Crippen LogP contribution is -2.25. The van der Waals surface area contributed by atoms with Gasteiger partial charge in [0.1, 0.15) is 0 Å². The summed E-state index contributed by atoms with van der Waals surface area (Å²) in [7, 11) is 0. The maximum absolute atomic E-state index is 4.71. The van der Waals surface area contributed by atoms with Crippen molar-refractivity contribution in [1.82, 2.24) is 15.1 Å². The lowest BCUT2D eigenvalue weighted by Gasteiger charge is -2.09. The minimum Gasteiger partial charge on any atom is -0.314 e. The first kappa shape index (κ1) is 16.2. The molecule has 1 aromatic carbocycles. The van der Waals surface area contributed by atoms with Crippen LogP contribution in [-0.2, 0) is 13.0 Å². The smallest absolute Gasteiger partial charge is 0.0673 e. The topological polar surface area (TPSA) is 29.9 Å². The van der Waals surface area contributed by atoms with Crippen LogP contribution in [0.5, 0.6) is 0 Å². The monoisotopic (exact) mass is 349 g/mol. The molecule has 2 rings (SSSR count). The standard InChI is InChI=1S/C17H24BrN3/c1-12(2)19-10-9-16-13(3)20-21(14(16)4)11-15-7-5-6-8-17(15)18/h5-8,12,19H,9-11H2,1-4H3. The first-order valence-electron chi connectivity index (χ1n) is 7.48. The molecule has 2 aromatic rings. The van der Waals surface area contributed by atoms with Gasteiger partial charge in [-0.2, -0.15) is 5.10 Å². The quantitative estimate of drug-likeness (QED) is 0.858. The molecule has 4 heteroatoms. The Labute approximate surface area is 135 Å². The van der Waals surface area contributed by atoms with Crippen LogP contribution in [-0.4, -0.2) is 22.4 Å². The zero-order valence-electron chi connectivity index (χ0n) is 13.3. The van der Waals surface area contributed by atoms with E-state index in [4.69, 9.17) is 5.10 Å². The van der Waals surface area contributed by atoms with E-state index in [2.05, 4.69) is 71.8 Å². The van der Waals surface area contributed by atoms with E-state index in [9.17, 15) is 0 Å². The summed E-state index contributed by atoms with van der Waals surface area (Å²) in [5, 5.41) is 8.18. The van der Waals surface area contributed by atoms with Crippen LogP contribution < -0.4 is 5.32 Å². The fraction of sp³-hybridized carbons (Fsp3) is 0.471. The van der Waals surface area contributed by atoms with Crippen molar-refractivity contribution in [2.45, 2.75) is 46.7 Å². The van der Waals surface area contributed by atoms with E-state index in [1.807, 2.05) is 6.07 Å². The molecule has 0 unspecified atom stereocenters. The van der Waals surface area contributed by atoms with Crippen LogP contribution in [0.1, 0.15) is 36.4 Å². The molecule has 0 aliphatic carbocycles. The minimum atomic E-state index is 0.529. The fourth-order valence-corrected chi connectivity index (χ4v) is 2.93. The first-order chi connectivity index (χ1) is 9.99. The maximum Gasteiger partial charge on any atom is 0.0673 e. The number of rotatable bonds is 6. The SMILES string of the molecule is Cc1nn(Cc2ccccc2Br)c(C)c1CCNC(C)C. The lowest BCUT2D eigenvalue weighted by molar-refractivity contribution is 0.588. The molecule has 0 saturated carbocycles. The molecule has 0 spiro atoms. The van der Waals surface area contributed by atoms with E-state index in [-0.39, 0.29) is 0 Å². The molecule has 0 atom stereocenters. The van der Waals surface area contributed by atoms with Gasteiger partial charge in [0, 0.05) is 16.2 Å². The largest absolute Gasteiger partial charge is 0.314 e. The molecule has 0 fully saturated rings. The second-order valence-electron chi connectivity index (χ2n) is 5.76. The van der Waals surface area contributed by atoms with Gasteiger partial charge >= 0.3 is 0 Å². The summed E-state index contributed by atoms with van der Waals surface area (Å²) in [5.41, 5.74) is 5.05. The average Bonchev–Trinajstić information content (AvgIpc) is 2.68. The molecular formula is C17H24BrN3. The normalized spacial score (nSPS) is 11.3. The Kier molecular flexibility index (Phi) is 5.59. The molecule has 1 N–H and O–H groups in total. The van der Waals surface area contributed by atoms with E-state index in [0.29, 0.717) is 6.04 Å². The van der Waals surface area contributed by atoms with Crippen LogP contribution in [0.25, 0.3) is 0 Å². The van der Waals surface area contributed by atoms with E-state index in [0.717, 1.165) is 29.7 Å². The second-order valence-corrected chi connectivity index (χ2v) is 6.61. The highest BCUT2D eigenvalue weighted by Gasteiger charge is 2.12. The van der Waals surface area contributed by atoms with Crippen molar-refractivity contribution in [3.8, 4) is 0 Å². The highest BCUT2D eigenvalue weighted by atomic mass is 79.9. The Morgan fingerprint density at radius 1 is 1.24 bits per heavy atom. The highest BCUT2D eigenvalue weighted by molar-refractivity contribution is 9.10. The zero-order chi connectivity index (χ0) is 15.4. The second kappa shape index (κ2) is 7.23. The van der Waals surface area contributed by atoms with Crippen molar-refractivity contribution in [3.05, 3.63) is 51.3 Å². The van der Waals surface area contributed by atoms with Crippen molar-refractivity contribution in [2.75, 3.05) is 6.54 Å². The predicted molar refractivity (Wildman–Crippen MR) is 91.8 cm³/mol. The molecular weight excluding hydrogens is 326 g/mol. The van der Waals surface area contributed by atoms with Crippen molar-refractivity contribution >= 4 is 15.9 Å². The Bertz CT molecular complexity index is 602. The number of hydrogen-bond donors (Lipinski definition) is 1. The number of nitrogens with zero attached hydrogens (tertiary/aromatic N) is 2.